The Balaban J connectivity index is 3.32. The Morgan fingerprint density at radius 3 is 2.31 bits per heavy atom. The average Bonchev–Trinajstić information content (AvgIpc) is 2.01. The largest absolute Gasteiger partial charge is 0.417 e. The first kappa shape index (κ1) is 9.92. The molecule has 0 heterocycles. The van der Waals surface area contributed by atoms with E-state index in [9.17, 15) is 13.2 Å². The van der Waals surface area contributed by atoms with Gasteiger partial charge < -0.3 is 0 Å². The molecule has 13 heavy (non-hydrogen) atoms. The molecule has 0 aliphatic rings. The van der Waals surface area contributed by atoms with Crippen molar-refractivity contribution in [2.24, 2.45) is 0 Å². The topological polar surface area (TPSA) is 32.3 Å². The van der Waals surface area contributed by atoms with Gasteiger partial charge >= 0.3 is 6.18 Å². The maximum absolute atomic E-state index is 12.3. The van der Waals surface area contributed by atoms with Crippen molar-refractivity contribution in [3.63, 3.8) is 0 Å². The van der Waals surface area contributed by atoms with Gasteiger partial charge in [-0.3, -0.25) is 10.7 Å². The lowest BCUT2D eigenvalue weighted by Crippen LogP contribution is -2.21. The molecule has 1 aromatic rings. The van der Waals surface area contributed by atoms with E-state index in [4.69, 9.17) is 13.1 Å². The number of hydrogen-bond donors (Lipinski definition) is 2. The Kier molecular flexibility index (Phi) is 2.51. The van der Waals surface area contributed by atoms with Gasteiger partial charge in [-0.2, -0.15) is 13.2 Å². The zero-order valence-electron chi connectivity index (χ0n) is 6.39. The molecule has 1 aromatic carbocycles. The van der Waals surface area contributed by atoms with E-state index in [0.29, 0.717) is 0 Å². The summed E-state index contributed by atoms with van der Waals surface area (Å²) < 4.78 is 36.8. The highest BCUT2D eigenvalue weighted by Gasteiger charge is 2.34. The third-order valence-corrected chi connectivity index (χ3v) is 1.50. The number of benzene rings is 1. The molecular weight excluding hydrogens is 182 g/mol. The Morgan fingerprint density at radius 2 is 1.92 bits per heavy atom. The fourth-order valence-corrected chi connectivity index (χ4v) is 0.980. The summed E-state index contributed by atoms with van der Waals surface area (Å²) in [4.78, 5) is 0. The predicted octanol–water partition coefficient (Wildman–Crippen LogP) is 1.30. The molecule has 0 aliphatic heterocycles. The summed E-state index contributed by atoms with van der Waals surface area (Å²) in [5.74, 6) is 0. The minimum atomic E-state index is -4.57. The van der Waals surface area contributed by atoms with Crippen LogP contribution in [0.25, 0.3) is 0 Å². The van der Waals surface area contributed by atoms with Gasteiger partial charge in [-0.25, -0.2) is 0 Å². The van der Waals surface area contributed by atoms with E-state index in [0.717, 1.165) is 12.1 Å². The van der Waals surface area contributed by atoms with E-state index >= 15 is 0 Å². The number of hydrogen-bond acceptors (Lipinski definition) is 2. The molecule has 0 atom stereocenters. The SMILES string of the molecule is [B]c1cccc(NO)c1C(F)(F)F. The Hall–Kier alpha value is -1.17. The standard InChI is InChI=1S/C7H5BF3NO/c8-4-2-1-3-5(12-13)6(4)7(9,10)11/h1-3,12-13H. The smallest absolute Gasteiger partial charge is 0.291 e. The lowest BCUT2D eigenvalue weighted by atomic mass is 9.89. The van der Waals surface area contributed by atoms with Gasteiger partial charge in [-0.15, -0.1) is 0 Å². The van der Waals surface area contributed by atoms with Gasteiger partial charge in [-0.1, -0.05) is 17.6 Å². The summed E-state index contributed by atoms with van der Waals surface area (Å²) >= 11 is 0. The number of rotatable bonds is 1. The molecule has 2 N–H and O–H groups in total. The summed E-state index contributed by atoms with van der Waals surface area (Å²) in [6.45, 7) is 0. The van der Waals surface area contributed by atoms with Crippen molar-refractivity contribution in [3.8, 4) is 0 Å². The molecule has 0 spiro atoms. The predicted molar refractivity (Wildman–Crippen MR) is 42.2 cm³/mol. The third kappa shape index (κ3) is 1.95. The van der Waals surface area contributed by atoms with E-state index < -0.39 is 22.9 Å². The summed E-state index contributed by atoms with van der Waals surface area (Å²) in [6, 6.07) is 3.51. The van der Waals surface area contributed by atoms with Gasteiger partial charge in [0, 0.05) is 0 Å². The number of anilines is 1. The number of nitrogens with one attached hydrogen (secondary N) is 1. The summed E-state index contributed by atoms with van der Waals surface area (Å²) in [5, 5.41) is 8.40. The molecular formula is C7H5BF3NO. The van der Waals surface area contributed by atoms with Crippen LogP contribution in [0.1, 0.15) is 5.56 Å². The van der Waals surface area contributed by atoms with E-state index in [1.165, 1.54) is 11.5 Å². The molecule has 2 nitrogen and oxygen atoms in total. The lowest BCUT2D eigenvalue weighted by Gasteiger charge is -2.14. The maximum atomic E-state index is 12.3. The van der Waals surface area contributed by atoms with Gasteiger partial charge in [0.1, 0.15) is 7.85 Å². The molecule has 0 unspecified atom stereocenters. The van der Waals surface area contributed by atoms with Gasteiger partial charge in [0.25, 0.3) is 0 Å². The molecule has 2 radical (unpaired) electrons. The van der Waals surface area contributed by atoms with Crippen LogP contribution in [0.15, 0.2) is 18.2 Å². The van der Waals surface area contributed by atoms with Gasteiger partial charge in [-0.05, 0) is 6.07 Å². The fourth-order valence-electron chi connectivity index (χ4n) is 0.980. The lowest BCUT2D eigenvalue weighted by molar-refractivity contribution is -0.136. The summed E-state index contributed by atoms with van der Waals surface area (Å²) in [5.41, 5.74) is -0.491. The highest BCUT2D eigenvalue weighted by Crippen LogP contribution is 2.32. The highest BCUT2D eigenvalue weighted by atomic mass is 19.4. The van der Waals surface area contributed by atoms with Crippen molar-refractivity contribution in [2.45, 2.75) is 6.18 Å². The second-order valence-corrected chi connectivity index (χ2v) is 2.38. The van der Waals surface area contributed by atoms with Crippen LogP contribution >= 0.6 is 0 Å². The Bertz CT molecular complexity index is 313. The van der Waals surface area contributed by atoms with Crippen molar-refractivity contribution in [1.82, 2.24) is 0 Å². The van der Waals surface area contributed by atoms with Crippen molar-refractivity contribution in [2.75, 3.05) is 5.48 Å². The van der Waals surface area contributed by atoms with Crippen LogP contribution in [0, 0.1) is 0 Å². The first-order chi connectivity index (χ1) is 5.96. The molecule has 0 fully saturated rings. The molecule has 68 valence electrons. The first-order valence-corrected chi connectivity index (χ1v) is 3.32. The second-order valence-electron chi connectivity index (χ2n) is 2.38. The van der Waals surface area contributed by atoms with Crippen LogP contribution in [0.2, 0.25) is 0 Å². The van der Waals surface area contributed by atoms with Crippen LogP contribution in [-0.2, 0) is 6.18 Å². The summed E-state index contributed by atoms with van der Waals surface area (Å²) in [7, 11) is 5.11. The fraction of sp³-hybridized carbons (Fsp3) is 0.143. The van der Waals surface area contributed by atoms with E-state index in [-0.39, 0.29) is 0 Å². The molecule has 0 aromatic heterocycles. The molecule has 0 aliphatic carbocycles. The van der Waals surface area contributed by atoms with Crippen molar-refractivity contribution in [1.29, 1.82) is 0 Å². The molecule has 1 rings (SSSR count). The van der Waals surface area contributed by atoms with E-state index in [2.05, 4.69) is 0 Å². The monoisotopic (exact) mass is 187 g/mol. The maximum Gasteiger partial charge on any atom is 0.417 e. The van der Waals surface area contributed by atoms with Crippen LogP contribution < -0.4 is 10.9 Å². The quantitative estimate of drug-likeness (QED) is 0.512. The minimum Gasteiger partial charge on any atom is -0.291 e. The van der Waals surface area contributed by atoms with Gasteiger partial charge in [0.15, 0.2) is 0 Å². The van der Waals surface area contributed by atoms with Crippen molar-refractivity contribution < 1.29 is 18.4 Å². The molecule has 0 saturated carbocycles. The zero-order chi connectivity index (χ0) is 10.1. The van der Waals surface area contributed by atoms with E-state index in [1.54, 1.807) is 0 Å². The Labute approximate surface area is 73.7 Å². The Morgan fingerprint density at radius 1 is 1.31 bits per heavy atom. The van der Waals surface area contributed by atoms with Crippen LogP contribution in [0.3, 0.4) is 0 Å². The second kappa shape index (κ2) is 3.29. The molecule has 0 bridgehead atoms. The summed E-state index contributed by atoms with van der Waals surface area (Å²) in [6.07, 6.45) is -4.57. The number of alkyl halides is 3. The van der Waals surface area contributed by atoms with Gasteiger partial charge in [0.05, 0.1) is 11.3 Å². The van der Waals surface area contributed by atoms with Gasteiger partial charge in [0.2, 0.25) is 0 Å². The number of halogens is 3. The molecule has 6 heteroatoms. The third-order valence-electron chi connectivity index (χ3n) is 1.50. The van der Waals surface area contributed by atoms with Crippen LogP contribution in [0.5, 0.6) is 0 Å². The molecule has 0 amide bonds. The van der Waals surface area contributed by atoms with Crippen molar-refractivity contribution in [3.05, 3.63) is 23.8 Å². The van der Waals surface area contributed by atoms with Crippen LogP contribution in [-0.4, -0.2) is 13.1 Å². The normalized spacial score (nSPS) is 11.4. The zero-order valence-corrected chi connectivity index (χ0v) is 6.39. The highest BCUT2D eigenvalue weighted by molar-refractivity contribution is 6.33. The van der Waals surface area contributed by atoms with Crippen molar-refractivity contribution >= 4 is 19.0 Å². The first-order valence-electron chi connectivity index (χ1n) is 3.32. The van der Waals surface area contributed by atoms with Crippen LogP contribution in [0.4, 0.5) is 18.9 Å². The average molecular weight is 187 g/mol. The molecule has 0 saturated heterocycles. The minimum absolute atomic E-state index is 0.424. The van der Waals surface area contributed by atoms with E-state index in [1.807, 2.05) is 0 Å².